The second kappa shape index (κ2) is 8.12. The Hall–Kier alpha value is -3.71. The molecule has 0 unspecified atom stereocenters. The van der Waals surface area contributed by atoms with Gasteiger partial charge in [-0.1, -0.05) is 60.7 Å². The van der Waals surface area contributed by atoms with Gasteiger partial charge in [0.25, 0.3) is 11.5 Å². The molecule has 7 heteroatoms. The number of carbonyl (C=O) groups is 1. The Bertz CT molecular complexity index is 1200. The van der Waals surface area contributed by atoms with Gasteiger partial charge in [-0.25, -0.2) is 4.98 Å². The summed E-state index contributed by atoms with van der Waals surface area (Å²) in [6.45, 7) is 0.228. The molecule has 6 nitrogen and oxygen atoms in total. The summed E-state index contributed by atoms with van der Waals surface area (Å²) in [7, 11) is 0. The molecule has 4 rings (SSSR count). The van der Waals surface area contributed by atoms with Gasteiger partial charge in [-0.15, -0.1) is 11.3 Å². The van der Waals surface area contributed by atoms with Gasteiger partial charge in [0.2, 0.25) is 5.75 Å². The average molecular weight is 403 g/mol. The van der Waals surface area contributed by atoms with Crippen molar-refractivity contribution in [3.05, 3.63) is 93.7 Å². The molecule has 4 aromatic rings. The molecule has 0 atom stereocenters. The van der Waals surface area contributed by atoms with Gasteiger partial charge in [0.15, 0.2) is 11.5 Å². The standard InChI is InChI=1S/C22H17N3O3S/c26-19-18(24-20(25-22(19)28)17-11-6-12-29-17)21(27)23-13-15-9-4-5-10-16(15)14-7-2-1-3-8-14/h1-12,26H,13H2,(H,23,27)(H,24,25,28). The van der Waals surface area contributed by atoms with Crippen LogP contribution < -0.4 is 10.9 Å². The molecule has 3 N–H and O–H groups in total. The predicted molar refractivity (Wildman–Crippen MR) is 113 cm³/mol. The van der Waals surface area contributed by atoms with Crippen LogP contribution in [0.4, 0.5) is 0 Å². The van der Waals surface area contributed by atoms with Gasteiger partial charge < -0.3 is 15.4 Å². The van der Waals surface area contributed by atoms with Crippen molar-refractivity contribution in [3.63, 3.8) is 0 Å². The Kier molecular flexibility index (Phi) is 5.22. The molecule has 0 bridgehead atoms. The lowest BCUT2D eigenvalue weighted by atomic mass is 10.00. The van der Waals surface area contributed by atoms with Crippen molar-refractivity contribution < 1.29 is 9.90 Å². The molecule has 2 heterocycles. The maximum atomic E-state index is 12.7. The number of hydrogen-bond donors (Lipinski definition) is 3. The zero-order valence-corrected chi connectivity index (χ0v) is 16.1. The number of rotatable bonds is 5. The summed E-state index contributed by atoms with van der Waals surface area (Å²) < 4.78 is 0. The quantitative estimate of drug-likeness (QED) is 0.472. The van der Waals surface area contributed by atoms with Crippen LogP contribution in [0.1, 0.15) is 16.1 Å². The van der Waals surface area contributed by atoms with Crippen molar-refractivity contribution in [2.75, 3.05) is 0 Å². The van der Waals surface area contributed by atoms with E-state index in [0.717, 1.165) is 16.7 Å². The molecule has 0 saturated carbocycles. The lowest BCUT2D eigenvalue weighted by Crippen LogP contribution is -2.26. The van der Waals surface area contributed by atoms with E-state index in [0.29, 0.717) is 4.88 Å². The third-order valence-corrected chi connectivity index (χ3v) is 5.28. The van der Waals surface area contributed by atoms with Crippen LogP contribution in [0.5, 0.6) is 5.75 Å². The lowest BCUT2D eigenvalue weighted by molar-refractivity contribution is 0.0942. The van der Waals surface area contributed by atoms with Gasteiger partial charge in [0.05, 0.1) is 4.88 Å². The summed E-state index contributed by atoms with van der Waals surface area (Å²) in [6.07, 6.45) is 0. The van der Waals surface area contributed by atoms with Crippen molar-refractivity contribution in [1.82, 2.24) is 15.3 Å². The van der Waals surface area contributed by atoms with E-state index in [4.69, 9.17) is 0 Å². The van der Waals surface area contributed by atoms with Gasteiger partial charge in [-0.05, 0) is 28.1 Å². The zero-order chi connectivity index (χ0) is 20.2. The van der Waals surface area contributed by atoms with Gasteiger partial charge in [0.1, 0.15) is 0 Å². The molecule has 0 aliphatic heterocycles. The molecule has 0 fully saturated rings. The Morgan fingerprint density at radius 3 is 2.55 bits per heavy atom. The highest BCUT2D eigenvalue weighted by atomic mass is 32.1. The van der Waals surface area contributed by atoms with Crippen molar-refractivity contribution >= 4 is 17.2 Å². The Morgan fingerprint density at radius 2 is 1.79 bits per heavy atom. The third kappa shape index (κ3) is 3.95. The van der Waals surface area contributed by atoms with Crippen LogP contribution in [-0.2, 0) is 6.54 Å². The Balaban J connectivity index is 1.60. The number of benzene rings is 2. The van der Waals surface area contributed by atoms with Crippen molar-refractivity contribution in [3.8, 4) is 27.6 Å². The molecule has 29 heavy (non-hydrogen) atoms. The van der Waals surface area contributed by atoms with Gasteiger partial charge in [0, 0.05) is 6.54 Å². The van der Waals surface area contributed by atoms with E-state index in [1.54, 1.807) is 6.07 Å². The number of hydrogen-bond acceptors (Lipinski definition) is 5. The second-order valence-electron chi connectivity index (χ2n) is 6.29. The smallest absolute Gasteiger partial charge is 0.294 e. The molecule has 0 radical (unpaired) electrons. The molecule has 0 spiro atoms. The van der Waals surface area contributed by atoms with E-state index in [2.05, 4.69) is 15.3 Å². The average Bonchev–Trinajstić information content (AvgIpc) is 3.29. The minimum absolute atomic E-state index is 0.228. The number of aromatic hydroxyl groups is 1. The van der Waals surface area contributed by atoms with Gasteiger partial charge >= 0.3 is 0 Å². The van der Waals surface area contributed by atoms with Crippen molar-refractivity contribution in [1.29, 1.82) is 0 Å². The number of nitrogens with zero attached hydrogens (tertiary/aromatic N) is 1. The van der Waals surface area contributed by atoms with Crippen LogP contribution in [-0.4, -0.2) is 21.0 Å². The SMILES string of the molecule is O=C(NCc1ccccc1-c1ccccc1)c1nc(-c2cccs2)[nH]c(=O)c1O. The minimum atomic E-state index is -0.752. The van der Waals surface area contributed by atoms with E-state index in [1.165, 1.54) is 11.3 Å². The highest BCUT2D eigenvalue weighted by Gasteiger charge is 2.19. The zero-order valence-electron chi connectivity index (χ0n) is 15.3. The first-order valence-electron chi connectivity index (χ1n) is 8.92. The van der Waals surface area contributed by atoms with E-state index < -0.39 is 17.2 Å². The van der Waals surface area contributed by atoms with Crippen molar-refractivity contribution in [2.45, 2.75) is 6.54 Å². The number of H-pyrrole nitrogens is 1. The first-order chi connectivity index (χ1) is 14.1. The number of nitrogens with one attached hydrogen (secondary N) is 2. The Morgan fingerprint density at radius 1 is 1.03 bits per heavy atom. The topological polar surface area (TPSA) is 95.1 Å². The minimum Gasteiger partial charge on any atom is -0.501 e. The number of thiophene rings is 1. The molecular formula is C22H17N3O3S. The Labute approximate surface area is 170 Å². The first kappa shape index (κ1) is 18.6. The van der Waals surface area contributed by atoms with Crippen LogP contribution in [0.2, 0.25) is 0 Å². The first-order valence-corrected chi connectivity index (χ1v) is 9.80. The second-order valence-corrected chi connectivity index (χ2v) is 7.24. The van der Waals surface area contributed by atoms with Crippen LogP contribution in [0.3, 0.4) is 0 Å². The van der Waals surface area contributed by atoms with Crippen LogP contribution in [0.15, 0.2) is 76.9 Å². The van der Waals surface area contributed by atoms with Gasteiger partial charge in [-0.3, -0.25) is 9.59 Å². The number of amides is 1. The summed E-state index contributed by atoms with van der Waals surface area (Å²) in [5.41, 5.74) is 1.90. The molecule has 0 aliphatic rings. The van der Waals surface area contributed by atoms with Crippen molar-refractivity contribution in [2.24, 2.45) is 0 Å². The summed E-state index contributed by atoms with van der Waals surface area (Å²) >= 11 is 1.37. The molecule has 144 valence electrons. The molecule has 0 aliphatic carbocycles. The van der Waals surface area contributed by atoms with Crippen LogP contribution in [0, 0.1) is 0 Å². The molecule has 1 amide bonds. The normalized spacial score (nSPS) is 10.6. The number of carbonyl (C=O) groups excluding carboxylic acids is 1. The summed E-state index contributed by atoms with van der Waals surface area (Å²) in [6, 6.07) is 21.2. The lowest BCUT2D eigenvalue weighted by Gasteiger charge is -2.11. The molecule has 2 aromatic carbocycles. The summed E-state index contributed by atoms with van der Waals surface area (Å²) in [4.78, 5) is 32.1. The maximum Gasteiger partial charge on any atom is 0.294 e. The predicted octanol–water partition coefficient (Wildman–Crippen LogP) is 3.80. The fourth-order valence-corrected chi connectivity index (χ4v) is 3.66. The third-order valence-electron chi connectivity index (χ3n) is 4.41. The molecule has 0 saturated heterocycles. The summed E-state index contributed by atoms with van der Waals surface area (Å²) in [5.74, 6) is -1.06. The van der Waals surface area contributed by atoms with E-state index >= 15 is 0 Å². The monoisotopic (exact) mass is 403 g/mol. The number of aromatic nitrogens is 2. The molecular weight excluding hydrogens is 386 g/mol. The highest BCUT2D eigenvalue weighted by molar-refractivity contribution is 7.13. The van der Waals surface area contributed by atoms with Gasteiger partial charge in [-0.2, -0.15) is 0 Å². The maximum absolute atomic E-state index is 12.7. The van der Waals surface area contributed by atoms with E-state index in [1.807, 2.05) is 66.0 Å². The van der Waals surface area contributed by atoms with Crippen LogP contribution >= 0.6 is 11.3 Å². The summed E-state index contributed by atoms with van der Waals surface area (Å²) in [5, 5.41) is 14.6. The number of aromatic amines is 1. The van der Waals surface area contributed by atoms with E-state index in [-0.39, 0.29) is 18.1 Å². The van der Waals surface area contributed by atoms with Crippen LogP contribution in [0.25, 0.3) is 21.8 Å². The fraction of sp³-hybridized carbons (Fsp3) is 0.0455. The highest BCUT2D eigenvalue weighted by Crippen LogP contribution is 2.24. The molecule has 2 aromatic heterocycles. The fourth-order valence-electron chi connectivity index (χ4n) is 2.99. The largest absolute Gasteiger partial charge is 0.501 e. The van der Waals surface area contributed by atoms with E-state index in [9.17, 15) is 14.7 Å².